The summed E-state index contributed by atoms with van der Waals surface area (Å²) in [5, 5.41) is 0. The molecule has 130 valence electrons. The summed E-state index contributed by atoms with van der Waals surface area (Å²) in [4.78, 5) is 27.7. The van der Waals surface area contributed by atoms with Crippen molar-refractivity contribution in [2.24, 2.45) is 0 Å². The molecule has 0 radical (unpaired) electrons. The van der Waals surface area contributed by atoms with Gasteiger partial charge in [0.2, 0.25) is 0 Å². The summed E-state index contributed by atoms with van der Waals surface area (Å²) in [6.45, 7) is 6.90. The van der Waals surface area contributed by atoms with Crippen molar-refractivity contribution in [2.75, 3.05) is 32.8 Å². The normalized spacial score (nSPS) is 16.0. The number of nitrogens with zero attached hydrogens (tertiary/aromatic N) is 2. The highest BCUT2D eigenvalue weighted by Gasteiger charge is 2.27. The molecule has 1 fully saturated rings. The quantitative estimate of drug-likeness (QED) is 0.770. The fraction of sp³-hybridized carbons (Fsp3) is 0.412. The van der Waals surface area contributed by atoms with Gasteiger partial charge in [-0.1, -0.05) is 6.08 Å². The smallest absolute Gasteiger partial charge is 0.254 e. The van der Waals surface area contributed by atoms with E-state index in [1.807, 2.05) is 0 Å². The number of rotatable bonds is 5. The highest BCUT2D eigenvalue weighted by Crippen LogP contribution is 2.13. The zero-order valence-electron chi connectivity index (χ0n) is 13.5. The number of halogens is 2. The molecule has 5 nitrogen and oxygen atoms in total. The van der Waals surface area contributed by atoms with Gasteiger partial charge in [-0.2, -0.15) is 0 Å². The predicted molar refractivity (Wildman–Crippen MR) is 84.5 cm³/mol. The number of amides is 2. The molecule has 7 heteroatoms. The molecule has 1 aliphatic heterocycles. The lowest BCUT2D eigenvalue weighted by Crippen LogP contribution is -2.52. The molecule has 1 aromatic carbocycles. The SMILES string of the molecule is C=CCO[C@H](C)C(=O)N1CCN(C(=O)c2ccc(F)c(F)c2)CC1. The molecular formula is C17H20F2N2O3. The monoisotopic (exact) mass is 338 g/mol. The molecule has 0 unspecified atom stereocenters. The Morgan fingerprint density at radius 1 is 1.21 bits per heavy atom. The van der Waals surface area contributed by atoms with Crippen LogP contribution in [-0.2, 0) is 9.53 Å². The summed E-state index contributed by atoms with van der Waals surface area (Å²) in [5.74, 6) is -2.56. The van der Waals surface area contributed by atoms with Crippen LogP contribution < -0.4 is 0 Å². The first-order chi connectivity index (χ1) is 11.4. The third kappa shape index (κ3) is 4.17. The van der Waals surface area contributed by atoms with Gasteiger partial charge in [-0.15, -0.1) is 6.58 Å². The molecule has 2 amide bonds. The van der Waals surface area contributed by atoms with Gasteiger partial charge in [0.15, 0.2) is 11.6 Å². The van der Waals surface area contributed by atoms with Crippen molar-refractivity contribution < 1.29 is 23.1 Å². The first-order valence-electron chi connectivity index (χ1n) is 7.69. The Morgan fingerprint density at radius 3 is 2.42 bits per heavy atom. The fourth-order valence-corrected chi connectivity index (χ4v) is 2.48. The number of ether oxygens (including phenoxy) is 1. The number of benzene rings is 1. The molecule has 0 aromatic heterocycles. The van der Waals surface area contributed by atoms with Crippen LogP contribution in [0.4, 0.5) is 8.78 Å². The highest BCUT2D eigenvalue weighted by molar-refractivity contribution is 5.94. The molecule has 0 saturated carbocycles. The minimum Gasteiger partial charge on any atom is -0.365 e. The van der Waals surface area contributed by atoms with Crippen molar-refractivity contribution >= 4 is 11.8 Å². The van der Waals surface area contributed by atoms with Crippen molar-refractivity contribution in [3.63, 3.8) is 0 Å². The zero-order valence-corrected chi connectivity index (χ0v) is 13.5. The van der Waals surface area contributed by atoms with E-state index < -0.39 is 17.7 Å². The average Bonchev–Trinajstić information content (AvgIpc) is 2.60. The largest absolute Gasteiger partial charge is 0.365 e. The third-order valence-electron chi connectivity index (χ3n) is 3.86. The van der Waals surface area contributed by atoms with Crippen LogP contribution in [0.25, 0.3) is 0 Å². The standard InChI is InChI=1S/C17H20F2N2O3/c1-3-10-24-12(2)16(22)20-6-8-21(9-7-20)17(23)13-4-5-14(18)15(19)11-13/h3-5,11-12H,1,6-10H2,2H3/t12-/m1/s1. The maximum atomic E-state index is 13.2. The molecular weight excluding hydrogens is 318 g/mol. The van der Waals surface area contributed by atoms with Crippen LogP contribution in [0.1, 0.15) is 17.3 Å². The third-order valence-corrected chi connectivity index (χ3v) is 3.86. The van der Waals surface area contributed by atoms with Gasteiger partial charge in [0, 0.05) is 31.7 Å². The van der Waals surface area contributed by atoms with Crippen molar-refractivity contribution in [1.29, 1.82) is 0 Å². The second-order valence-electron chi connectivity index (χ2n) is 5.51. The zero-order chi connectivity index (χ0) is 17.7. The van der Waals surface area contributed by atoms with E-state index in [1.54, 1.807) is 17.9 Å². The topological polar surface area (TPSA) is 49.9 Å². The van der Waals surface area contributed by atoms with Crippen LogP contribution in [0.5, 0.6) is 0 Å². The Morgan fingerprint density at radius 2 is 1.83 bits per heavy atom. The summed E-state index contributed by atoms with van der Waals surface area (Å²) in [6.07, 6.45) is 0.999. The van der Waals surface area contributed by atoms with Crippen LogP contribution >= 0.6 is 0 Å². The maximum absolute atomic E-state index is 13.2. The summed E-state index contributed by atoms with van der Waals surface area (Å²) < 4.78 is 31.5. The lowest BCUT2D eigenvalue weighted by molar-refractivity contribution is -0.143. The Hall–Kier alpha value is -2.28. The molecule has 0 bridgehead atoms. The molecule has 1 aliphatic rings. The first kappa shape index (κ1) is 18.1. The molecule has 1 saturated heterocycles. The molecule has 0 aliphatic carbocycles. The molecule has 0 spiro atoms. The van der Waals surface area contributed by atoms with Gasteiger partial charge in [-0.05, 0) is 25.1 Å². The Labute approximate surface area is 139 Å². The lowest BCUT2D eigenvalue weighted by Gasteiger charge is -2.35. The minimum atomic E-state index is -1.05. The van der Waals surface area contributed by atoms with Gasteiger partial charge in [-0.25, -0.2) is 8.78 Å². The molecule has 1 heterocycles. The lowest BCUT2D eigenvalue weighted by atomic mass is 10.1. The van der Waals surface area contributed by atoms with E-state index in [0.29, 0.717) is 32.8 Å². The minimum absolute atomic E-state index is 0.0939. The van der Waals surface area contributed by atoms with Gasteiger partial charge in [0.25, 0.3) is 11.8 Å². The molecule has 2 rings (SSSR count). The number of carbonyl (C=O) groups is 2. The maximum Gasteiger partial charge on any atom is 0.254 e. The summed E-state index contributed by atoms with van der Waals surface area (Å²) in [6, 6.07) is 3.07. The second kappa shape index (κ2) is 8.01. The van der Waals surface area contributed by atoms with Crippen LogP contribution in [-0.4, -0.2) is 60.5 Å². The van der Waals surface area contributed by atoms with Gasteiger partial charge >= 0.3 is 0 Å². The number of piperazine rings is 1. The van der Waals surface area contributed by atoms with E-state index in [9.17, 15) is 18.4 Å². The van der Waals surface area contributed by atoms with Crippen LogP contribution in [0, 0.1) is 11.6 Å². The fourth-order valence-electron chi connectivity index (χ4n) is 2.48. The molecule has 24 heavy (non-hydrogen) atoms. The van der Waals surface area contributed by atoms with Crippen molar-refractivity contribution in [3.8, 4) is 0 Å². The van der Waals surface area contributed by atoms with E-state index in [-0.39, 0.29) is 17.4 Å². The van der Waals surface area contributed by atoms with Crippen molar-refractivity contribution in [1.82, 2.24) is 9.80 Å². The number of carbonyl (C=O) groups excluding carboxylic acids is 2. The Balaban J connectivity index is 1.92. The predicted octanol–water partition coefficient (Wildman–Crippen LogP) is 1.84. The van der Waals surface area contributed by atoms with E-state index in [2.05, 4.69) is 6.58 Å². The van der Waals surface area contributed by atoms with Gasteiger partial charge in [-0.3, -0.25) is 9.59 Å². The molecule has 0 N–H and O–H groups in total. The second-order valence-corrected chi connectivity index (χ2v) is 5.51. The van der Waals surface area contributed by atoms with Crippen molar-refractivity contribution in [3.05, 3.63) is 48.1 Å². The van der Waals surface area contributed by atoms with Gasteiger partial charge in [0.05, 0.1) is 6.61 Å². The van der Waals surface area contributed by atoms with E-state index in [1.165, 1.54) is 11.0 Å². The number of hydrogen-bond acceptors (Lipinski definition) is 3. The Kier molecular flexibility index (Phi) is 6.03. The average molecular weight is 338 g/mol. The first-order valence-corrected chi connectivity index (χ1v) is 7.69. The van der Waals surface area contributed by atoms with Crippen LogP contribution in [0.3, 0.4) is 0 Å². The van der Waals surface area contributed by atoms with Crippen LogP contribution in [0.2, 0.25) is 0 Å². The number of hydrogen-bond donors (Lipinski definition) is 0. The summed E-state index contributed by atoms with van der Waals surface area (Å²) in [5.41, 5.74) is 0.0939. The van der Waals surface area contributed by atoms with E-state index >= 15 is 0 Å². The van der Waals surface area contributed by atoms with E-state index in [4.69, 9.17) is 4.74 Å². The highest BCUT2D eigenvalue weighted by atomic mass is 19.2. The van der Waals surface area contributed by atoms with E-state index in [0.717, 1.165) is 12.1 Å². The van der Waals surface area contributed by atoms with Crippen molar-refractivity contribution in [2.45, 2.75) is 13.0 Å². The van der Waals surface area contributed by atoms with Crippen LogP contribution in [0.15, 0.2) is 30.9 Å². The van der Waals surface area contributed by atoms with Gasteiger partial charge in [0.1, 0.15) is 6.10 Å². The molecule has 1 atom stereocenters. The molecule has 1 aromatic rings. The summed E-state index contributed by atoms with van der Waals surface area (Å²) in [7, 11) is 0. The van der Waals surface area contributed by atoms with Gasteiger partial charge < -0.3 is 14.5 Å². The summed E-state index contributed by atoms with van der Waals surface area (Å²) >= 11 is 0. The Bertz CT molecular complexity index is 628.